The van der Waals surface area contributed by atoms with Crippen LogP contribution in [0.25, 0.3) is 0 Å². The molecule has 4 nitrogen and oxygen atoms in total. The second-order valence-electron chi connectivity index (χ2n) is 10.4. The van der Waals surface area contributed by atoms with Gasteiger partial charge >= 0.3 is 0 Å². The minimum Gasteiger partial charge on any atom is -0.508 e. The highest BCUT2D eigenvalue weighted by molar-refractivity contribution is 5.37. The van der Waals surface area contributed by atoms with E-state index in [1.807, 2.05) is 12.1 Å². The van der Waals surface area contributed by atoms with E-state index in [4.69, 9.17) is 4.74 Å². The van der Waals surface area contributed by atoms with Crippen LogP contribution < -0.4 is 4.74 Å². The molecule has 1 fully saturated rings. The molecule has 3 aliphatic rings. The average Bonchev–Trinajstić information content (AvgIpc) is 3.41. The Hall–Kier alpha value is -2.56. The third kappa shape index (κ3) is 5.99. The van der Waals surface area contributed by atoms with Crippen molar-refractivity contribution in [3.63, 3.8) is 0 Å². The molecule has 0 spiro atoms. The summed E-state index contributed by atoms with van der Waals surface area (Å²) in [7, 11) is 0. The van der Waals surface area contributed by atoms with E-state index in [1.165, 1.54) is 49.0 Å². The van der Waals surface area contributed by atoms with Gasteiger partial charge in [-0.3, -0.25) is 9.80 Å². The van der Waals surface area contributed by atoms with Crippen molar-refractivity contribution in [1.29, 1.82) is 0 Å². The van der Waals surface area contributed by atoms with Gasteiger partial charge in [-0.25, -0.2) is 0 Å². The van der Waals surface area contributed by atoms with Gasteiger partial charge in [-0.15, -0.1) is 0 Å². The van der Waals surface area contributed by atoms with E-state index in [0.717, 1.165) is 44.8 Å². The summed E-state index contributed by atoms with van der Waals surface area (Å²) in [5.74, 6) is 2.50. The monoisotopic (exact) mass is 472 g/mol. The van der Waals surface area contributed by atoms with Crippen molar-refractivity contribution in [2.24, 2.45) is 11.8 Å². The first kappa shape index (κ1) is 24.1. The van der Waals surface area contributed by atoms with Crippen molar-refractivity contribution in [1.82, 2.24) is 9.80 Å². The number of ether oxygens (including phenoxy) is 1. The summed E-state index contributed by atoms with van der Waals surface area (Å²) in [5, 5.41) is 9.86. The van der Waals surface area contributed by atoms with Crippen LogP contribution in [0.15, 0.2) is 66.8 Å². The third-order valence-corrected chi connectivity index (χ3v) is 8.16. The average molecular weight is 473 g/mol. The summed E-state index contributed by atoms with van der Waals surface area (Å²) in [4.78, 5) is 5.10. The van der Waals surface area contributed by atoms with E-state index < -0.39 is 0 Å². The maximum Gasteiger partial charge on any atom is 0.119 e. The number of rotatable bonds is 9. The molecule has 2 aromatic rings. The lowest BCUT2D eigenvalue weighted by Crippen LogP contribution is -2.43. The Morgan fingerprint density at radius 2 is 1.80 bits per heavy atom. The standard InChI is InChI=1S/C31H40N2O2/c1-2-33(23-24-9-15-29(16-10-24)35-20-19-32-17-5-6-18-32)31-8-4-3-7-30(31)27-12-11-26-22-28(34)14-13-25(26)21-27/h3-4,7-10,13-16,22,27,30-31,34H,2,5-6,11-12,17-21,23H2,1H3/t27-,30?,31?/m1/s1. The third-order valence-electron chi connectivity index (χ3n) is 8.16. The van der Waals surface area contributed by atoms with E-state index in [2.05, 4.69) is 71.4 Å². The van der Waals surface area contributed by atoms with Crippen molar-refractivity contribution >= 4 is 0 Å². The van der Waals surface area contributed by atoms with Gasteiger partial charge in [0, 0.05) is 19.1 Å². The zero-order valence-electron chi connectivity index (χ0n) is 21.1. The fraction of sp³-hybridized carbons (Fsp3) is 0.484. The Bertz CT molecular complexity index is 1020. The van der Waals surface area contributed by atoms with Gasteiger partial charge in [0.25, 0.3) is 0 Å². The molecule has 2 aliphatic carbocycles. The van der Waals surface area contributed by atoms with Crippen LogP contribution in [0.3, 0.4) is 0 Å². The summed E-state index contributed by atoms with van der Waals surface area (Å²) in [6.45, 7) is 8.48. The van der Waals surface area contributed by atoms with Gasteiger partial charge in [-0.2, -0.15) is 0 Å². The van der Waals surface area contributed by atoms with Gasteiger partial charge < -0.3 is 9.84 Å². The SMILES string of the molecule is CCN(Cc1ccc(OCCN2CCCC2)cc1)C1C=CC=CC1[C@@H]1CCc2cc(O)ccc2C1. The maximum atomic E-state index is 9.86. The Morgan fingerprint density at radius 3 is 2.60 bits per heavy atom. The number of hydrogen-bond acceptors (Lipinski definition) is 4. The number of hydrogen-bond donors (Lipinski definition) is 1. The second kappa shape index (κ2) is 11.5. The number of likely N-dealkylation sites (N-methyl/N-ethyl adjacent to an activating group) is 1. The summed E-state index contributed by atoms with van der Waals surface area (Å²) in [6, 6.07) is 15.1. The van der Waals surface area contributed by atoms with Crippen LogP contribution in [0.1, 0.15) is 42.9 Å². The smallest absolute Gasteiger partial charge is 0.119 e. The minimum absolute atomic E-state index is 0.390. The van der Waals surface area contributed by atoms with Gasteiger partial charge in [0.1, 0.15) is 18.1 Å². The van der Waals surface area contributed by atoms with Crippen LogP contribution >= 0.6 is 0 Å². The molecular weight excluding hydrogens is 432 g/mol. The van der Waals surface area contributed by atoms with Crippen LogP contribution in [0.4, 0.5) is 0 Å². The van der Waals surface area contributed by atoms with Crippen LogP contribution in [0, 0.1) is 11.8 Å². The zero-order valence-corrected chi connectivity index (χ0v) is 21.1. The molecule has 5 rings (SSSR count). The molecular formula is C31H40N2O2. The number of likely N-dealkylation sites (tertiary alicyclic amines) is 1. The van der Waals surface area contributed by atoms with Crippen LogP contribution in [-0.2, 0) is 19.4 Å². The lowest BCUT2D eigenvalue weighted by atomic mass is 9.73. The molecule has 1 saturated heterocycles. The van der Waals surface area contributed by atoms with E-state index in [-0.39, 0.29) is 0 Å². The van der Waals surface area contributed by atoms with Gasteiger partial charge in [0.15, 0.2) is 0 Å². The first-order valence-electron chi connectivity index (χ1n) is 13.5. The van der Waals surface area contributed by atoms with E-state index in [0.29, 0.717) is 23.6 Å². The van der Waals surface area contributed by atoms with E-state index in [9.17, 15) is 5.11 Å². The van der Waals surface area contributed by atoms with Crippen LogP contribution in [0.5, 0.6) is 11.5 Å². The maximum absolute atomic E-state index is 9.86. The molecule has 35 heavy (non-hydrogen) atoms. The number of phenolic OH excluding ortho intramolecular Hbond substituents is 1. The molecule has 0 aromatic heterocycles. The molecule has 0 amide bonds. The number of nitrogens with zero attached hydrogens (tertiary/aromatic N) is 2. The van der Waals surface area contributed by atoms with E-state index >= 15 is 0 Å². The Kier molecular flexibility index (Phi) is 7.90. The summed E-state index contributed by atoms with van der Waals surface area (Å²) < 4.78 is 6.01. The minimum atomic E-state index is 0.390. The van der Waals surface area contributed by atoms with Crippen molar-refractivity contribution in [3.05, 3.63) is 83.5 Å². The van der Waals surface area contributed by atoms with E-state index in [1.54, 1.807) is 0 Å². The highest BCUT2D eigenvalue weighted by Crippen LogP contribution is 2.37. The largest absolute Gasteiger partial charge is 0.508 e. The summed E-state index contributed by atoms with van der Waals surface area (Å²) in [5.41, 5.74) is 4.07. The van der Waals surface area contributed by atoms with Gasteiger partial charge in [-0.1, -0.05) is 49.4 Å². The number of fused-ring (bicyclic) bond motifs is 1. The topological polar surface area (TPSA) is 35.9 Å². The lowest BCUT2D eigenvalue weighted by molar-refractivity contribution is 0.154. The first-order valence-corrected chi connectivity index (χ1v) is 13.5. The molecule has 1 heterocycles. The first-order chi connectivity index (χ1) is 17.2. The molecule has 0 radical (unpaired) electrons. The van der Waals surface area contributed by atoms with Gasteiger partial charge in [-0.05, 0) is 105 Å². The molecule has 186 valence electrons. The molecule has 4 heteroatoms. The van der Waals surface area contributed by atoms with Crippen molar-refractivity contribution in [3.8, 4) is 11.5 Å². The lowest BCUT2D eigenvalue weighted by Gasteiger charge is -2.40. The molecule has 1 aliphatic heterocycles. The second-order valence-corrected chi connectivity index (χ2v) is 10.4. The Labute approximate surface area is 210 Å². The summed E-state index contributed by atoms with van der Waals surface area (Å²) in [6.07, 6.45) is 15.3. The number of aryl methyl sites for hydroxylation is 1. The Morgan fingerprint density at radius 1 is 1.00 bits per heavy atom. The predicted molar refractivity (Wildman–Crippen MR) is 143 cm³/mol. The van der Waals surface area contributed by atoms with Gasteiger partial charge in [0.2, 0.25) is 0 Å². The quantitative estimate of drug-likeness (QED) is 0.515. The number of benzene rings is 2. The summed E-state index contributed by atoms with van der Waals surface area (Å²) >= 11 is 0. The highest BCUT2D eigenvalue weighted by atomic mass is 16.5. The zero-order chi connectivity index (χ0) is 24.0. The Balaban J connectivity index is 1.20. The van der Waals surface area contributed by atoms with Crippen LogP contribution in [-0.4, -0.2) is 53.7 Å². The number of aromatic hydroxyl groups is 1. The molecule has 3 atom stereocenters. The van der Waals surface area contributed by atoms with Crippen molar-refractivity contribution in [2.75, 3.05) is 32.8 Å². The molecule has 0 bridgehead atoms. The fourth-order valence-corrected chi connectivity index (χ4v) is 6.16. The van der Waals surface area contributed by atoms with Crippen molar-refractivity contribution in [2.45, 2.75) is 51.6 Å². The molecule has 0 saturated carbocycles. The van der Waals surface area contributed by atoms with Gasteiger partial charge in [0.05, 0.1) is 0 Å². The molecule has 2 aromatic carbocycles. The van der Waals surface area contributed by atoms with Crippen molar-refractivity contribution < 1.29 is 9.84 Å². The number of phenols is 1. The predicted octanol–water partition coefficient (Wildman–Crippen LogP) is 5.60. The number of allylic oxidation sites excluding steroid dienone is 2. The molecule has 2 unspecified atom stereocenters. The normalized spacial score (nSPS) is 24.1. The van der Waals surface area contributed by atoms with Crippen LogP contribution in [0.2, 0.25) is 0 Å². The highest BCUT2D eigenvalue weighted by Gasteiger charge is 2.33. The fourth-order valence-electron chi connectivity index (χ4n) is 6.16. The molecule has 1 N–H and O–H groups in total.